The molecular formula is C13H23N3S. The Kier molecular flexibility index (Phi) is 5.42. The molecule has 3 nitrogen and oxygen atoms in total. The monoisotopic (exact) mass is 253 g/mol. The Labute approximate surface area is 108 Å². The number of rotatable bonds is 5. The van der Waals surface area contributed by atoms with E-state index in [0.29, 0.717) is 6.04 Å². The van der Waals surface area contributed by atoms with Gasteiger partial charge in [0.25, 0.3) is 0 Å². The Morgan fingerprint density at radius 2 is 2.41 bits per heavy atom. The van der Waals surface area contributed by atoms with Gasteiger partial charge in [-0.1, -0.05) is 6.92 Å². The highest BCUT2D eigenvalue weighted by molar-refractivity contribution is 7.09. The average molecular weight is 253 g/mol. The molecule has 0 spiro atoms. The minimum absolute atomic E-state index is 0.693. The van der Waals surface area contributed by atoms with Gasteiger partial charge in [0.2, 0.25) is 0 Å². The van der Waals surface area contributed by atoms with Crippen LogP contribution < -0.4 is 5.32 Å². The van der Waals surface area contributed by atoms with E-state index in [0.717, 1.165) is 6.54 Å². The van der Waals surface area contributed by atoms with Crippen molar-refractivity contribution in [2.45, 2.75) is 45.2 Å². The Bertz CT molecular complexity index is 300. The van der Waals surface area contributed by atoms with Gasteiger partial charge in [0.1, 0.15) is 0 Å². The van der Waals surface area contributed by atoms with E-state index >= 15 is 0 Å². The van der Waals surface area contributed by atoms with Crippen LogP contribution in [-0.4, -0.2) is 35.6 Å². The average Bonchev–Trinajstić information content (AvgIpc) is 2.75. The molecular weight excluding hydrogens is 230 g/mol. The lowest BCUT2D eigenvalue weighted by molar-refractivity contribution is 0.282. The molecule has 1 aliphatic heterocycles. The molecule has 1 aromatic heterocycles. The molecule has 17 heavy (non-hydrogen) atoms. The van der Waals surface area contributed by atoms with Gasteiger partial charge in [0, 0.05) is 23.7 Å². The third-order valence-electron chi connectivity index (χ3n) is 3.41. The summed E-state index contributed by atoms with van der Waals surface area (Å²) in [5.74, 6) is 0. The predicted molar refractivity (Wildman–Crippen MR) is 73.3 cm³/mol. The van der Waals surface area contributed by atoms with Crippen molar-refractivity contribution in [2.24, 2.45) is 0 Å². The first-order valence-electron chi connectivity index (χ1n) is 6.71. The summed E-state index contributed by atoms with van der Waals surface area (Å²) < 4.78 is 0. The molecule has 0 amide bonds. The van der Waals surface area contributed by atoms with Gasteiger partial charge < -0.3 is 10.2 Å². The fourth-order valence-corrected chi connectivity index (χ4v) is 3.02. The van der Waals surface area contributed by atoms with Crippen molar-refractivity contribution in [1.82, 2.24) is 15.2 Å². The highest BCUT2D eigenvalue weighted by Gasteiger charge is 2.15. The van der Waals surface area contributed by atoms with Crippen LogP contribution in [-0.2, 0) is 6.54 Å². The van der Waals surface area contributed by atoms with Gasteiger partial charge >= 0.3 is 0 Å². The lowest BCUT2D eigenvalue weighted by atomic mass is 10.1. The van der Waals surface area contributed by atoms with Crippen LogP contribution in [0.15, 0.2) is 11.7 Å². The quantitative estimate of drug-likeness (QED) is 0.874. The maximum Gasteiger partial charge on any atom is 0.0794 e. The second-order valence-electron chi connectivity index (χ2n) is 4.82. The molecule has 0 aromatic carbocycles. The van der Waals surface area contributed by atoms with Crippen molar-refractivity contribution in [3.63, 3.8) is 0 Å². The van der Waals surface area contributed by atoms with Crippen LogP contribution in [0.1, 0.15) is 37.5 Å². The van der Waals surface area contributed by atoms with E-state index in [1.54, 1.807) is 11.3 Å². The third kappa shape index (κ3) is 4.37. The second kappa shape index (κ2) is 7.09. The van der Waals surface area contributed by atoms with E-state index in [1.165, 1.54) is 50.2 Å². The maximum atomic E-state index is 4.11. The lowest BCUT2D eigenvalue weighted by Gasteiger charge is -2.19. The van der Waals surface area contributed by atoms with Gasteiger partial charge in [-0.05, 0) is 45.3 Å². The Morgan fingerprint density at radius 3 is 3.18 bits per heavy atom. The van der Waals surface area contributed by atoms with E-state index in [-0.39, 0.29) is 0 Å². The highest BCUT2D eigenvalue weighted by Crippen LogP contribution is 2.13. The summed E-state index contributed by atoms with van der Waals surface area (Å²) in [4.78, 5) is 8.06. The SMILES string of the molecule is CCCN1CCCC(NCc2cncs2)CC1. The van der Waals surface area contributed by atoms with Crippen LogP contribution in [0.3, 0.4) is 0 Å². The van der Waals surface area contributed by atoms with E-state index in [1.807, 2.05) is 11.7 Å². The summed E-state index contributed by atoms with van der Waals surface area (Å²) in [6, 6.07) is 0.693. The fourth-order valence-electron chi connectivity index (χ4n) is 2.47. The summed E-state index contributed by atoms with van der Waals surface area (Å²) in [5.41, 5.74) is 1.91. The zero-order chi connectivity index (χ0) is 11.9. The van der Waals surface area contributed by atoms with Crippen LogP contribution in [0.25, 0.3) is 0 Å². The smallest absolute Gasteiger partial charge is 0.0794 e. The molecule has 1 unspecified atom stereocenters. The molecule has 1 aromatic rings. The Morgan fingerprint density at radius 1 is 1.47 bits per heavy atom. The van der Waals surface area contributed by atoms with Crippen molar-refractivity contribution in [3.05, 3.63) is 16.6 Å². The van der Waals surface area contributed by atoms with E-state index in [2.05, 4.69) is 22.1 Å². The molecule has 96 valence electrons. The highest BCUT2D eigenvalue weighted by atomic mass is 32.1. The summed E-state index contributed by atoms with van der Waals surface area (Å²) in [6.07, 6.45) is 7.19. The number of nitrogens with one attached hydrogen (secondary N) is 1. The minimum atomic E-state index is 0.693. The molecule has 1 saturated heterocycles. The number of thiazole rings is 1. The first-order valence-corrected chi connectivity index (χ1v) is 7.59. The van der Waals surface area contributed by atoms with E-state index < -0.39 is 0 Å². The Balaban J connectivity index is 1.71. The van der Waals surface area contributed by atoms with Crippen molar-refractivity contribution in [3.8, 4) is 0 Å². The molecule has 2 heterocycles. The lowest BCUT2D eigenvalue weighted by Crippen LogP contribution is -2.30. The van der Waals surface area contributed by atoms with Crippen molar-refractivity contribution < 1.29 is 0 Å². The molecule has 0 radical (unpaired) electrons. The number of likely N-dealkylation sites (tertiary alicyclic amines) is 1. The molecule has 0 bridgehead atoms. The standard InChI is InChI=1S/C13H23N3S/c1-2-6-16-7-3-4-12(5-8-16)15-10-13-9-14-11-17-13/h9,11-12,15H,2-8,10H2,1H3. The van der Waals surface area contributed by atoms with E-state index in [4.69, 9.17) is 0 Å². The minimum Gasteiger partial charge on any atom is -0.309 e. The van der Waals surface area contributed by atoms with Crippen LogP contribution in [0.5, 0.6) is 0 Å². The topological polar surface area (TPSA) is 28.2 Å². The summed E-state index contributed by atoms with van der Waals surface area (Å²) in [6.45, 7) is 7.07. The number of nitrogens with zero attached hydrogens (tertiary/aromatic N) is 2. The second-order valence-corrected chi connectivity index (χ2v) is 5.79. The summed E-state index contributed by atoms with van der Waals surface area (Å²) in [7, 11) is 0. The zero-order valence-corrected chi connectivity index (χ0v) is 11.5. The summed E-state index contributed by atoms with van der Waals surface area (Å²) >= 11 is 1.74. The first-order chi connectivity index (χ1) is 8.38. The molecule has 1 aliphatic rings. The number of hydrogen-bond donors (Lipinski definition) is 1. The van der Waals surface area contributed by atoms with Crippen molar-refractivity contribution >= 4 is 11.3 Å². The van der Waals surface area contributed by atoms with Crippen molar-refractivity contribution in [2.75, 3.05) is 19.6 Å². The zero-order valence-electron chi connectivity index (χ0n) is 10.7. The van der Waals surface area contributed by atoms with Gasteiger partial charge in [0.15, 0.2) is 0 Å². The van der Waals surface area contributed by atoms with Gasteiger partial charge in [0.05, 0.1) is 5.51 Å². The van der Waals surface area contributed by atoms with Crippen LogP contribution >= 0.6 is 11.3 Å². The largest absolute Gasteiger partial charge is 0.309 e. The third-order valence-corrected chi connectivity index (χ3v) is 4.19. The fraction of sp³-hybridized carbons (Fsp3) is 0.769. The van der Waals surface area contributed by atoms with Gasteiger partial charge in [-0.2, -0.15) is 0 Å². The normalized spacial score (nSPS) is 22.5. The molecule has 0 saturated carbocycles. The molecule has 1 N–H and O–H groups in total. The summed E-state index contributed by atoms with van der Waals surface area (Å²) in [5, 5.41) is 3.67. The van der Waals surface area contributed by atoms with E-state index in [9.17, 15) is 0 Å². The number of hydrogen-bond acceptors (Lipinski definition) is 4. The molecule has 2 rings (SSSR count). The van der Waals surface area contributed by atoms with Crippen LogP contribution in [0, 0.1) is 0 Å². The molecule has 0 aliphatic carbocycles. The maximum absolute atomic E-state index is 4.11. The number of aromatic nitrogens is 1. The molecule has 1 atom stereocenters. The first kappa shape index (κ1) is 13.0. The molecule has 1 fully saturated rings. The Hall–Kier alpha value is -0.450. The van der Waals surface area contributed by atoms with Crippen molar-refractivity contribution in [1.29, 1.82) is 0 Å². The van der Waals surface area contributed by atoms with Crippen LogP contribution in [0.4, 0.5) is 0 Å². The van der Waals surface area contributed by atoms with Gasteiger partial charge in [-0.3, -0.25) is 4.98 Å². The predicted octanol–water partition coefficient (Wildman–Crippen LogP) is 2.50. The van der Waals surface area contributed by atoms with Gasteiger partial charge in [-0.15, -0.1) is 11.3 Å². The van der Waals surface area contributed by atoms with Crippen LogP contribution in [0.2, 0.25) is 0 Å². The van der Waals surface area contributed by atoms with Gasteiger partial charge in [-0.25, -0.2) is 0 Å². The molecule has 4 heteroatoms.